The molecule has 0 aromatic carbocycles. The summed E-state index contributed by atoms with van der Waals surface area (Å²) in [6.07, 6.45) is -0.520. The molecular weight excluding hydrogens is 318 g/mol. The maximum Gasteiger partial charge on any atom is 0.224 e. The number of hydrogen-bond donors (Lipinski definition) is 2. The van der Waals surface area contributed by atoms with Crippen LogP contribution in [0.2, 0.25) is 0 Å². The summed E-state index contributed by atoms with van der Waals surface area (Å²) < 4.78 is 5.64. The predicted molar refractivity (Wildman–Crippen MR) is 88.0 cm³/mol. The molecule has 0 spiro atoms. The average molecular weight is 333 g/mol. The number of amides is 1. The van der Waals surface area contributed by atoms with E-state index in [9.17, 15) is 9.90 Å². The van der Waals surface area contributed by atoms with Gasteiger partial charge in [-0.05, 0) is 46.0 Å². The molecule has 3 heterocycles. The Hall–Kier alpha value is -1.89. The minimum absolute atomic E-state index is 0.109. The monoisotopic (exact) mass is 333 g/mol. The van der Waals surface area contributed by atoms with Gasteiger partial charge in [0.25, 0.3) is 0 Å². The zero-order chi connectivity index (χ0) is 15.4. The molecule has 2 N–H and O–H groups in total. The van der Waals surface area contributed by atoms with Gasteiger partial charge in [-0.15, -0.1) is 0 Å². The van der Waals surface area contributed by atoms with Gasteiger partial charge in [0, 0.05) is 10.9 Å². The Morgan fingerprint density at radius 3 is 2.73 bits per heavy atom. The van der Waals surface area contributed by atoms with Gasteiger partial charge in [0.1, 0.15) is 17.6 Å². The molecule has 0 saturated heterocycles. The molecule has 3 aromatic heterocycles. The van der Waals surface area contributed by atoms with Crippen LogP contribution < -0.4 is 5.32 Å². The van der Waals surface area contributed by atoms with Gasteiger partial charge >= 0.3 is 0 Å². The van der Waals surface area contributed by atoms with Crippen LogP contribution in [0.4, 0.5) is 0 Å². The third-order valence-electron chi connectivity index (χ3n) is 3.20. The molecule has 0 aliphatic rings. The molecule has 22 heavy (non-hydrogen) atoms. The van der Waals surface area contributed by atoms with Crippen LogP contribution in [0.15, 0.2) is 50.2 Å². The number of nitrogens with one attached hydrogen (secondary N) is 1. The Morgan fingerprint density at radius 1 is 1.18 bits per heavy atom. The fourth-order valence-electron chi connectivity index (χ4n) is 2.04. The van der Waals surface area contributed by atoms with Crippen molar-refractivity contribution in [3.63, 3.8) is 0 Å². The van der Waals surface area contributed by atoms with Crippen LogP contribution in [-0.4, -0.2) is 17.6 Å². The minimum Gasteiger partial charge on any atom is -0.458 e. The topological polar surface area (TPSA) is 62.5 Å². The Balaban J connectivity index is 1.53. The van der Waals surface area contributed by atoms with Crippen molar-refractivity contribution >= 4 is 28.6 Å². The highest BCUT2D eigenvalue weighted by atomic mass is 32.1. The summed E-state index contributed by atoms with van der Waals surface area (Å²) in [5, 5.41) is 20.7. The number of hydrogen-bond acceptors (Lipinski definition) is 5. The molecule has 4 nitrogen and oxygen atoms in total. The summed E-state index contributed by atoms with van der Waals surface area (Å²) in [5.74, 6) is 1.07. The highest BCUT2D eigenvalue weighted by molar-refractivity contribution is 7.08. The minimum atomic E-state index is -0.848. The van der Waals surface area contributed by atoms with Crippen molar-refractivity contribution < 1.29 is 14.3 Å². The van der Waals surface area contributed by atoms with Crippen molar-refractivity contribution in [2.75, 3.05) is 6.54 Å². The molecule has 3 aromatic rings. The van der Waals surface area contributed by atoms with Crippen molar-refractivity contribution in [2.45, 2.75) is 12.5 Å². The number of aliphatic hydroxyl groups excluding tert-OH is 1. The molecule has 0 aliphatic heterocycles. The second-order valence-electron chi connectivity index (χ2n) is 4.84. The number of carbonyl (C=O) groups excluding carboxylic acids is 1. The van der Waals surface area contributed by atoms with Gasteiger partial charge in [0.2, 0.25) is 5.91 Å². The highest BCUT2D eigenvalue weighted by Gasteiger charge is 2.15. The summed E-state index contributed by atoms with van der Waals surface area (Å²) >= 11 is 3.15. The summed E-state index contributed by atoms with van der Waals surface area (Å²) in [5.41, 5.74) is 1.97. The molecule has 0 aliphatic carbocycles. The smallest absolute Gasteiger partial charge is 0.224 e. The Labute approximate surface area is 136 Å². The lowest BCUT2D eigenvalue weighted by molar-refractivity contribution is -0.120. The Kier molecular flexibility index (Phi) is 4.72. The largest absolute Gasteiger partial charge is 0.458 e. The fourth-order valence-corrected chi connectivity index (χ4v) is 3.36. The van der Waals surface area contributed by atoms with Crippen molar-refractivity contribution in [1.82, 2.24) is 5.32 Å². The highest BCUT2D eigenvalue weighted by Crippen LogP contribution is 2.26. The Bertz CT molecular complexity index is 717. The quantitative estimate of drug-likeness (QED) is 0.726. The van der Waals surface area contributed by atoms with Gasteiger partial charge in [-0.1, -0.05) is 0 Å². The number of carbonyl (C=O) groups is 1. The maximum atomic E-state index is 11.8. The first-order valence-electron chi connectivity index (χ1n) is 6.80. The predicted octanol–water partition coefficient (Wildman–Crippen LogP) is 3.46. The van der Waals surface area contributed by atoms with Crippen molar-refractivity contribution in [1.29, 1.82) is 0 Å². The number of thiophene rings is 2. The van der Waals surface area contributed by atoms with E-state index >= 15 is 0 Å². The number of rotatable bonds is 6. The number of furan rings is 1. The lowest BCUT2D eigenvalue weighted by Gasteiger charge is -2.09. The van der Waals surface area contributed by atoms with E-state index in [0.29, 0.717) is 12.2 Å². The summed E-state index contributed by atoms with van der Waals surface area (Å²) in [7, 11) is 0. The molecule has 0 fully saturated rings. The van der Waals surface area contributed by atoms with Gasteiger partial charge in [-0.25, -0.2) is 0 Å². The van der Waals surface area contributed by atoms with Gasteiger partial charge < -0.3 is 14.8 Å². The van der Waals surface area contributed by atoms with Crippen LogP contribution in [0.3, 0.4) is 0 Å². The molecule has 1 amide bonds. The third kappa shape index (κ3) is 3.65. The third-order valence-corrected chi connectivity index (χ3v) is 4.61. The first kappa shape index (κ1) is 15.0. The second kappa shape index (κ2) is 6.91. The lowest BCUT2D eigenvalue weighted by atomic mass is 10.2. The van der Waals surface area contributed by atoms with E-state index in [-0.39, 0.29) is 12.5 Å². The first-order valence-corrected chi connectivity index (χ1v) is 8.69. The molecule has 0 radical (unpaired) electrons. The number of aliphatic hydroxyl groups is 1. The van der Waals surface area contributed by atoms with Gasteiger partial charge in [-0.2, -0.15) is 22.7 Å². The van der Waals surface area contributed by atoms with Crippen molar-refractivity contribution in [3.05, 3.63) is 57.1 Å². The van der Waals surface area contributed by atoms with Crippen LogP contribution in [-0.2, 0) is 11.2 Å². The molecule has 114 valence electrons. The zero-order valence-electron chi connectivity index (χ0n) is 11.7. The van der Waals surface area contributed by atoms with Gasteiger partial charge in [-0.3, -0.25) is 4.79 Å². The van der Waals surface area contributed by atoms with E-state index < -0.39 is 6.10 Å². The van der Waals surface area contributed by atoms with E-state index in [4.69, 9.17) is 4.42 Å². The second-order valence-corrected chi connectivity index (χ2v) is 6.40. The van der Waals surface area contributed by atoms with Gasteiger partial charge in [0.05, 0.1) is 13.0 Å². The average Bonchev–Trinajstić information content (AvgIpc) is 3.23. The van der Waals surface area contributed by atoms with Crippen LogP contribution in [0.1, 0.15) is 17.4 Å². The normalized spacial score (nSPS) is 12.2. The van der Waals surface area contributed by atoms with Crippen molar-refractivity contribution in [2.24, 2.45) is 0 Å². The molecule has 1 atom stereocenters. The van der Waals surface area contributed by atoms with E-state index in [0.717, 1.165) is 16.9 Å². The summed E-state index contributed by atoms with van der Waals surface area (Å²) in [4.78, 5) is 11.8. The zero-order valence-corrected chi connectivity index (χ0v) is 13.3. The Morgan fingerprint density at radius 2 is 2.00 bits per heavy atom. The molecule has 6 heteroatoms. The standard InChI is InChI=1S/C16H15NO3S2/c18-13(8-17-16(19)7-11-3-5-21-9-11)15-2-1-14(20-15)12-4-6-22-10-12/h1-6,9-10,13,18H,7-8H2,(H,17,19)/t13-/m1/s1. The molecular formula is C16H15NO3S2. The van der Waals surface area contributed by atoms with Crippen LogP contribution in [0.5, 0.6) is 0 Å². The fraction of sp³-hybridized carbons (Fsp3) is 0.188. The van der Waals surface area contributed by atoms with Crippen molar-refractivity contribution in [3.8, 4) is 11.3 Å². The van der Waals surface area contributed by atoms with Crippen LogP contribution in [0, 0.1) is 0 Å². The molecule has 0 bridgehead atoms. The van der Waals surface area contributed by atoms with Gasteiger partial charge in [0.15, 0.2) is 0 Å². The summed E-state index contributed by atoms with van der Waals surface area (Å²) in [6, 6.07) is 7.44. The van der Waals surface area contributed by atoms with E-state index in [1.807, 2.05) is 39.7 Å². The molecule has 3 rings (SSSR count). The molecule has 0 saturated carbocycles. The summed E-state index contributed by atoms with van der Waals surface area (Å²) in [6.45, 7) is 0.138. The van der Waals surface area contributed by atoms with Crippen LogP contribution in [0.25, 0.3) is 11.3 Å². The molecule has 0 unspecified atom stereocenters. The van der Waals surface area contributed by atoms with E-state index in [1.165, 1.54) is 0 Å². The maximum absolute atomic E-state index is 11.8. The van der Waals surface area contributed by atoms with Crippen LogP contribution >= 0.6 is 22.7 Å². The lowest BCUT2D eigenvalue weighted by Crippen LogP contribution is -2.29. The first-order chi connectivity index (χ1) is 10.7. The SMILES string of the molecule is O=C(Cc1ccsc1)NC[C@@H](O)c1ccc(-c2ccsc2)o1. The van der Waals surface area contributed by atoms with E-state index in [1.54, 1.807) is 28.7 Å². The van der Waals surface area contributed by atoms with E-state index in [2.05, 4.69) is 5.32 Å².